The van der Waals surface area contributed by atoms with Crippen molar-refractivity contribution >= 4 is 38.2 Å². The minimum atomic E-state index is 0.471. The zero-order chi connectivity index (χ0) is 4.28. The number of rotatable bonds is 1. The Morgan fingerprint density at radius 1 is 2.00 bits per heavy atom. The van der Waals surface area contributed by atoms with E-state index in [2.05, 4.69) is 22.5 Å². The summed E-state index contributed by atoms with van der Waals surface area (Å²) < 4.78 is 0.471. The summed E-state index contributed by atoms with van der Waals surface area (Å²) >= 11 is 5.22. The molecule has 0 aliphatic heterocycles. The molecule has 2 heteroatoms. The van der Waals surface area contributed by atoms with Crippen molar-refractivity contribution in [3.05, 3.63) is 12.7 Å². The molecular formula is C3H4BrTe. The molecule has 0 aliphatic carbocycles. The first-order chi connectivity index (χ1) is 2.27. The molecule has 0 saturated carbocycles. The SMILES string of the molecule is C=CC(Br)[Te]. The molecule has 0 aromatic heterocycles. The van der Waals surface area contributed by atoms with Crippen LogP contribution >= 0.6 is 15.9 Å². The Bertz CT molecular complexity index is 33.9. The third-order valence-electron chi connectivity index (χ3n) is 0.185. The van der Waals surface area contributed by atoms with Gasteiger partial charge in [0.15, 0.2) is 0 Å². The zero-order valence-corrected chi connectivity index (χ0v) is 6.56. The summed E-state index contributed by atoms with van der Waals surface area (Å²) in [5.41, 5.74) is 0. The van der Waals surface area contributed by atoms with Gasteiger partial charge in [-0.3, -0.25) is 0 Å². The predicted octanol–water partition coefficient (Wildman–Crippen LogP) is 1.06. The van der Waals surface area contributed by atoms with Crippen molar-refractivity contribution in [2.24, 2.45) is 0 Å². The van der Waals surface area contributed by atoms with E-state index >= 15 is 0 Å². The molecule has 0 saturated heterocycles. The van der Waals surface area contributed by atoms with Crippen molar-refractivity contribution < 1.29 is 0 Å². The van der Waals surface area contributed by atoms with E-state index in [1.54, 1.807) is 0 Å². The Morgan fingerprint density at radius 3 is 2.20 bits per heavy atom. The Hall–Kier alpha value is 1.01. The van der Waals surface area contributed by atoms with Crippen LogP contribution < -0.4 is 0 Å². The van der Waals surface area contributed by atoms with Gasteiger partial charge in [-0.1, -0.05) is 0 Å². The first-order valence-electron chi connectivity index (χ1n) is 1.20. The standard InChI is InChI=1S/C3H4BrTe/c1-2-3(4)5/h2-3H,1H2. The van der Waals surface area contributed by atoms with E-state index in [4.69, 9.17) is 0 Å². The number of alkyl halides is 1. The molecule has 1 radical (unpaired) electrons. The molecule has 0 spiro atoms. The van der Waals surface area contributed by atoms with Gasteiger partial charge in [0, 0.05) is 0 Å². The van der Waals surface area contributed by atoms with Crippen LogP contribution in [0.4, 0.5) is 0 Å². The van der Waals surface area contributed by atoms with Gasteiger partial charge in [0.2, 0.25) is 0 Å². The average Bonchev–Trinajstić information content (AvgIpc) is 1.38. The maximum absolute atomic E-state index is 3.52. The van der Waals surface area contributed by atoms with E-state index in [0.717, 1.165) is 0 Å². The minimum absolute atomic E-state index is 0.471. The van der Waals surface area contributed by atoms with Gasteiger partial charge in [-0.15, -0.1) is 0 Å². The normalized spacial score (nSPS) is 14.0. The molecule has 0 heterocycles. The molecule has 5 heavy (non-hydrogen) atoms. The van der Waals surface area contributed by atoms with E-state index in [9.17, 15) is 0 Å². The molecule has 0 rings (SSSR count). The topological polar surface area (TPSA) is 0 Å². The summed E-state index contributed by atoms with van der Waals surface area (Å²) in [5, 5.41) is 0. The molecule has 0 bridgehead atoms. The molecule has 1 unspecified atom stereocenters. The fraction of sp³-hybridized carbons (Fsp3) is 0.333. The summed E-state index contributed by atoms with van der Waals surface area (Å²) in [5.74, 6) is 0. The van der Waals surface area contributed by atoms with Crippen LogP contribution in [-0.4, -0.2) is 25.2 Å². The van der Waals surface area contributed by atoms with Gasteiger partial charge < -0.3 is 0 Å². The van der Waals surface area contributed by atoms with E-state index in [1.807, 2.05) is 28.4 Å². The third kappa shape index (κ3) is 5.01. The number of hydrogen-bond donors (Lipinski definition) is 0. The molecule has 0 aromatic carbocycles. The molecule has 0 amide bonds. The van der Waals surface area contributed by atoms with Crippen LogP contribution in [0.2, 0.25) is 0 Å². The quantitative estimate of drug-likeness (QED) is 0.369. The molecule has 0 aromatic rings. The number of hydrogen-bond acceptors (Lipinski definition) is 0. The molecule has 1 atom stereocenters. The van der Waals surface area contributed by atoms with E-state index < -0.39 is 0 Å². The van der Waals surface area contributed by atoms with Gasteiger partial charge in [0.05, 0.1) is 0 Å². The van der Waals surface area contributed by atoms with Crippen molar-refractivity contribution in [2.75, 3.05) is 0 Å². The summed E-state index contributed by atoms with van der Waals surface area (Å²) in [6.45, 7) is 3.52. The van der Waals surface area contributed by atoms with Gasteiger partial charge in [0.1, 0.15) is 0 Å². The van der Waals surface area contributed by atoms with Crippen LogP contribution in [0.3, 0.4) is 0 Å². The van der Waals surface area contributed by atoms with Gasteiger partial charge in [0.25, 0.3) is 0 Å². The van der Waals surface area contributed by atoms with Crippen molar-refractivity contribution in [1.29, 1.82) is 0 Å². The van der Waals surface area contributed by atoms with E-state index in [0.29, 0.717) is 2.88 Å². The van der Waals surface area contributed by atoms with Crippen molar-refractivity contribution in [2.45, 2.75) is 2.88 Å². The molecule has 0 N–H and O–H groups in total. The third-order valence-corrected chi connectivity index (χ3v) is 1.11. The average molecular weight is 248 g/mol. The van der Waals surface area contributed by atoms with E-state index in [-0.39, 0.29) is 0 Å². The van der Waals surface area contributed by atoms with Crippen LogP contribution in [0, 0.1) is 0 Å². The Labute approximate surface area is 53.7 Å². The maximum atomic E-state index is 3.52. The molecule has 29 valence electrons. The first kappa shape index (κ1) is 6.01. The fourth-order valence-electron chi connectivity index (χ4n) is 0. The second-order valence-electron chi connectivity index (χ2n) is 0.587. The number of allylic oxidation sites excluding steroid dienone is 1. The second kappa shape index (κ2) is 3.21. The molecule has 0 nitrogen and oxygen atoms in total. The second-order valence-corrected chi connectivity index (χ2v) is 4.91. The van der Waals surface area contributed by atoms with Crippen LogP contribution in [0.5, 0.6) is 0 Å². The summed E-state index contributed by atoms with van der Waals surface area (Å²) in [7, 11) is 0. The van der Waals surface area contributed by atoms with Crippen LogP contribution in [-0.2, 0) is 0 Å². The summed E-state index contributed by atoms with van der Waals surface area (Å²) in [4.78, 5) is 0. The van der Waals surface area contributed by atoms with Crippen molar-refractivity contribution in [1.82, 2.24) is 0 Å². The van der Waals surface area contributed by atoms with Crippen molar-refractivity contribution in [3.8, 4) is 0 Å². The van der Waals surface area contributed by atoms with Gasteiger partial charge in [-0.25, -0.2) is 0 Å². The Balaban J connectivity index is 2.83. The molecule has 0 aliphatic rings. The van der Waals surface area contributed by atoms with E-state index in [1.165, 1.54) is 0 Å². The molecule has 0 fully saturated rings. The molecular weight excluding hydrogens is 244 g/mol. The predicted molar refractivity (Wildman–Crippen MR) is 28.7 cm³/mol. The van der Waals surface area contributed by atoms with Crippen molar-refractivity contribution in [3.63, 3.8) is 0 Å². The van der Waals surface area contributed by atoms with Crippen LogP contribution in [0.25, 0.3) is 0 Å². The summed E-state index contributed by atoms with van der Waals surface area (Å²) in [6, 6.07) is 0. The Morgan fingerprint density at radius 2 is 2.20 bits per heavy atom. The monoisotopic (exact) mass is 249 g/mol. The number of halogens is 1. The summed E-state index contributed by atoms with van der Waals surface area (Å²) in [6.07, 6.45) is 1.84. The first-order valence-corrected chi connectivity index (χ1v) is 3.46. The van der Waals surface area contributed by atoms with Crippen LogP contribution in [0.15, 0.2) is 12.7 Å². The zero-order valence-electron chi connectivity index (χ0n) is 2.65. The van der Waals surface area contributed by atoms with Gasteiger partial charge >= 0.3 is 53.8 Å². The van der Waals surface area contributed by atoms with Gasteiger partial charge in [-0.05, 0) is 0 Å². The Kier molecular flexibility index (Phi) is 3.86. The fourth-order valence-corrected chi connectivity index (χ4v) is 0. The van der Waals surface area contributed by atoms with Crippen LogP contribution in [0.1, 0.15) is 0 Å². The van der Waals surface area contributed by atoms with Gasteiger partial charge in [-0.2, -0.15) is 0 Å².